The van der Waals surface area contributed by atoms with Crippen LogP contribution in [0.25, 0.3) is 0 Å². The van der Waals surface area contributed by atoms with Crippen molar-refractivity contribution >= 4 is 23.4 Å². The molecule has 7 heteroatoms. The van der Waals surface area contributed by atoms with E-state index in [2.05, 4.69) is 10.6 Å². The number of carbonyl (C=O) groups excluding carboxylic acids is 2. The summed E-state index contributed by atoms with van der Waals surface area (Å²) in [5.74, 6) is 0.721. The van der Waals surface area contributed by atoms with Crippen LogP contribution in [0.3, 0.4) is 0 Å². The molecule has 1 aliphatic rings. The third-order valence-corrected chi connectivity index (χ3v) is 5.11. The molecule has 1 saturated carbocycles. The predicted octanol–water partition coefficient (Wildman–Crippen LogP) is 4.34. The van der Waals surface area contributed by atoms with Crippen LogP contribution in [-0.2, 0) is 4.79 Å². The molecule has 0 aromatic heterocycles. The number of benzene rings is 1. The zero-order valence-corrected chi connectivity index (χ0v) is 18.6. The Labute approximate surface area is 178 Å². The summed E-state index contributed by atoms with van der Waals surface area (Å²) < 4.78 is 11.3. The maximum absolute atomic E-state index is 12.8. The summed E-state index contributed by atoms with van der Waals surface area (Å²) >= 11 is 6.37. The number of carbonyl (C=O) groups is 2. The highest BCUT2D eigenvalue weighted by molar-refractivity contribution is 6.32. The van der Waals surface area contributed by atoms with E-state index in [-0.39, 0.29) is 29.8 Å². The van der Waals surface area contributed by atoms with Crippen molar-refractivity contribution in [1.82, 2.24) is 10.6 Å². The topological polar surface area (TPSA) is 76.7 Å². The summed E-state index contributed by atoms with van der Waals surface area (Å²) in [7, 11) is 0. The highest BCUT2D eigenvalue weighted by Crippen LogP contribution is 2.37. The molecule has 1 fully saturated rings. The molecule has 0 radical (unpaired) electrons. The van der Waals surface area contributed by atoms with Crippen LogP contribution in [0.2, 0.25) is 5.02 Å². The molecule has 6 nitrogen and oxygen atoms in total. The Kier molecular flexibility index (Phi) is 9.08. The highest BCUT2D eigenvalue weighted by atomic mass is 35.5. The van der Waals surface area contributed by atoms with Gasteiger partial charge in [0, 0.05) is 23.6 Å². The van der Waals surface area contributed by atoms with Crippen molar-refractivity contribution in [2.75, 3.05) is 13.2 Å². The zero-order valence-electron chi connectivity index (χ0n) is 17.8. The van der Waals surface area contributed by atoms with Gasteiger partial charge < -0.3 is 20.1 Å². The van der Waals surface area contributed by atoms with E-state index in [4.69, 9.17) is 21.1 Å². The van der Waals surface area contributed by atoms with Crippen molar-refractivity contribution in [3.05, 3.63) is 22.7 Å². The van der Waals surface area contributed by atoms with Gasteiger partial charge in [-0.25, -0.2) is 0 Å². The molecule has 1 aromatic rings. The van der Waals surface area contributed by atoms with Gasteiger partial charge in [-0.1, -0.05) is 24.9 Å². The first-order chi connectivity index (χ1) is 13.8. The molecule has 2 rings (SSSR count). The van der Waals surface area contributed by atoms with Gasteiger partial charge in [0.1, 0.15) is 0 Å². The Morgan fingerprint density at radius 2 is 1.97 bits per heavy atom. The second-order valence-corrected chi connectivity index (χ2v) is 8.17. The molecule has 0 spiro atoms. The maximum Gasteiger partial charge on any atom is 0.251 e. The Morgan fingerprint density at radius 1 is 1.21 bits per heavy atom. The Bertz CT molecular complexity index is 708. The minimum Gasteiger partial charge on any atom is -0.490 e. The van der Waals surface area contributed by atoms with Crippen LogP contribution in [-0.4, -0.2) is 37.1 Å². The molecule has 0 aliphatic heterocycles. The Morgan fingerprint density at radius 3 is 2.62 bits per heavy atom. The number of nitrogens with one attached hydrogen (secondary N) is 2. The van der Waals surface area contributed by atoms with Crippen LogP contribution in [0, 0.1) is 5.92 Å². The van der Waals surface area contributed by atoms with Crippen molar-refractivity contribution in [3.63, 3.8) is 0 Å². The van der Waals surface area contributed by atoms with Crippen molar-refractivity contribution in [1.29, 1.82) is 0 Å². The van der Waals surface area contributed by atoms with E-state index >= 15 is 0 Å². The summed E-state index contributed by atoms with van der Waals surface area (Å²) in [6, 6.07) is 3.35. The summed E-state index contributed by atoms with van der Waals surface area (Å²) in [6.45, 7) is 8.75. The summed E-state index contributed by atoms with van der Waals surface area (Å²) in [5.41, 5.74) is 0.427. The summed E-state index contributed by atoms with van der Waals surface area (Å²) in [4.78, 5) is 25.2. The number of amides is 2. The van der Waals surface area contributed by atoms with E-state index < -0.39 is 0 Å². The van der Waals surface area contributed by atoms with E-state index in [0.717, 1.165) is 25.7 Å². The minimum absolute atomic E-state index is 0.0375. The van der Waals surface area contributed by atoms with E-state index in [0.29, 0.717) is 41.7 Å². The molecular weight excluding hydrogens is 392 g/mol. The number of hydrogen-bond donors (Lipinski definition) is 2. The molecule has 1 aliphatic carbocycles. The molecule has 2 atom stereocenters. The minimum atomic E-state index is -0.218. The average Bonchev–Trinajstić information content (AvgIpc) is 2.67. The zero-order chi connectivity index (χ0) is 21.4. The van der Waals surface area contributed by atoms with Gasteiger partial charge in [0.05, 0.1) is 18.2 Å². The first kappa shape index (κ1) is 23.3. The molecule has 2 unspecified atom stereocenters. The first-order valence-electron chi connectivity index (χ1n) is 10.6. The van der Waals surface area contributed by atoms with Gasteiger partial charge in [-0.2, -0.15) is 0 Å². The van der Waals surface area contributed by atoms with E-state index in [1.807, 2.05) is 27.7 Å². The van der Waals surface area contributed by atoms with Crippen LogP contribution >= 0.6 is 11.6 Å². The highest BCUT2D eigenvalue weighted by Gasteiger charge is 2.29. The fraction of sp³-hybridized carbons (Fsp3) is 0.636. The van der Waals surface area contributed by atoms with Crippen molar-refractivity contribution in [2.45, 2.75) is 71.9 Å². The van der Waals surface area contributed by atoms with Crippen molar-refractivity contribution in [2.24, 2.45) is 5.92 Å². The quantitative estimate of drug-likeness (QED) is 0.618. The van der Waals surface area contributed by atoms with Gasteiger partial charge in [0.25, 0.3) is 5.91 Å². The van der Waals surface area contributed by atoms with E-state index in [9.17, 15) is 9.59 Å². The average molecular weight is 425 g/mol. The van der Waals surface area contributed by atoms with Crippen molar-refractivity contribution < 1.29 is 19.1 Å². The van der Waals surface area contributed by atoms with Crippen LogP contribution < -0.4 is 20.1 Å². The van der Waals surface area contributed by atoms with E-state index in [1.54, 1.807) is 12.1 Å². The SMILES string of the molecule is CCCOc1c(Cl)cc(C(=O)NC2CCCC(C(=O)NC(C)C)C2)cc1OCC. The van der Waals surface area contributed by atoms with Crippen LogP contribution in [0.1, 0.15) is 70.2 Å². The lowest BCUT2D eigenvalue weighted by atomic mass is 9.85. The monoisotopic (exact) mass is 424 g/mol. The van der Waals surface area contributed by atoms with Gasteiger partial charge in [-0.15, -0.1) is 0 Å². The fourth-order valence-corrected chi connectivity index (χ4v) is 3.80. The third-order valence-electron chi connectivity index (χ3n) is 4.83. The van der Waals surface area contributed by atoms with Crippen LogP contribution in [0.15, 0.2) is 12.1 Å². The standard InChI is InChI=1S/C22H33ClN2O4/c1-5-10-29-20-18(23)12-16(13-19(20)28-6-2)22(27)25-17-9-7-8-15(11-17)21(26)24-14(3)4/h12-15,17H,5-11H2,1-4H3,(H,24,26)(H,25,27). The summed E-state index contributed by atoms with van der Waals surface area (Å²) in [5, 5.41) is 6.38. The Hall–Kier alpha value is -1.95. The molecule has 0 heterocycles. The summed E-state index contributed by atoms with van der Waals surface area (Å²) in [6.07, 6.45) is 4.12. The fourth-order valence-electron chi connectivity index (χ4n) is 3.54. The normalized spacial score (nSPS) is 19.0. The van der Waals surface area contributed by atoms with Gasteiger partial charge in [-0.3, -0.25) is 9.59 Å². The second-order valence-electron chi connectivity index (χ2n) is 7.76. The van der Waals surface area contributed by atoms with Crippen LogP contribution in [0.4, 0.5) is 0 Å². The number of ether oxygens (including phenoxy) is 2. The molecule has 162 valence electrons. The second kappa shape index (κ2) is 11.3. The third kappa shape index (κ3) is 6.81. The van der Waals surface area contributed by atoms with Crippen LogP contribution in [0.5, 0.6) is 11.5 Å². The molecule has 29 heavy (non-hydrogen) atoms. The molecular formula is C22H33ClN2O4. The molecule has 1 aromatic carbocycles. The molecule has 0 saturated heterocycles. The first-order valence-corrected chi connectivity index (χ1v) is 10.9. The lowest BCUT2D eigenvalue weighted by Crippen LogP contribution is -2.43. The van der Waals surface area contributed by atoms with E-state index in [1.165, 1.54) is 0 Å². The Balaban J connectivity index is 2.08. The largest absolute Gasteiger partial charge is 0.490 e. The van der Waals surface area contributed by atoms with Gasteiger partial charge in [0.15, 0.2) is 11.5 Å². The van der Waals surface area contributed by atoms with Crippen molar-refractivity contribution in [3.8, 4) is 11.5 Å². The van der Waals surface area contributed by atoms with Gasteiger partial charge in [-0.05, 0) is 58.6 Å². The van der Waals surface area contributed by atoms with Gasteiger partial charge in [0.2, 0.25) is 5.91 Å². The maximum atomic E-state index is 12.8. The molecule has 0 bridgehead atoms. The molecule has 2 N–H and O–H groups in total. The number of hydrogen-bond acceptors (Lipinski definition) is 4. The number of rotatable bonds is 9. The lowest BCUT2D eigenvalue weighted by molar-refractivity contribution is -0.126. The van der Waals surface area contributed by atoms with Gasteiger partial charge >= 0.3 is 0 Å². The number of halogens is 1. The smallest absolute Gasteiger partial charge is 0.251 e. The lowest BCUT2D eigenvalue weighted by Gasteiger charge is -2.29. The molecule has 2 amide bonds. The predicted molar refractivity (Wildman–Crippen MR) is 115 cm³/mol.